The highest BCUT2D eigenvalue weighted by atomic mass is 16.3. The summed E-state index contributed by atoms with van der Waals surface area (Å²) < 4.78 is 5.24. The third-order valence-corrected chi connectivity index (χ3v) is 5.77. The molecule has 2 aliphatic rings. The molecular weight excluding hydrogens is 356 g/mol. The van der Waals surface area contributed by atoms with Gasteiger partial charge in [0.25, 0.3) is 0 Å². The first-order chi connectivity index (χ1) is 13.2. The highest BCUT2D eigenvalue weighted by Crippen LogP contribution is 2.30. The van der Waals surface area contributed by atoms with Crippen LogP contribution in [0.2, 0.25) is 0 Å². The Morgan fingerprint density at radius 1 is 1.39 bits per heavy atom. The van der Waals surface area contributed by atoms with Gasteiger partial charge < -0.3 is 15.1 Å². The predicted molar refractivity (Wildman–Crippen MR) is 108 cm³/mol. The summed E-state index contributed by atoms with van der Waals surface area (Å²) in [5, 5.41) is 6.02. The monoisotopic (exact) mass is 390 g/mol. The van der Waals surface area contributed by atoms with Gasteiger partial charge in [0, 0.05) is 38.1 Å². The van der Waals surface area contributed by atoms with E-state index in [4.69, 9.17) is 4.42 Å². The van der Waals surface area contributed by atoms with Gasteiger partial charge in [-0.25, -0.2) is 0 Å². The van der Waals surface area contributed by atoms with Gasteiger partial charge in [-0.05, 0) is 37.4 Å². The van der Waals surface area contributed by atoms with Gasteiger partial charge in [-0.2, -0.15) is 0 Å². The van der Waals surface area contributed by atoms with Crippen LogP contribution >= 0.6 is 0 Å². The van der Waals surface area contributed by atoms with Crippen molar-refractivity contribution in [3.8, 4) is 0 Å². The molecule has 1 aromatic rings. The molecule has 3 rings (SSSR count). The lowest BCUT2D eigenvalue weighted by molar-refractivity contribution is -0.126. The van der Waals surface area contributed by atoms with Crippen molar-refractivity contribution in [2.24, 2.45) is 5.41 Å². The number of hydrogen-bond donors (Lipinski definition) is 2. The maximum Gasteiger partial charge on any atom is 0.239 e. The van der Waals surface area contributed by atoms with Crippen LogP contribution in [0.25, 0.3) is 0 Å². The second kappa shape index (κ2) is 8.66. The van der Waals surface area contributed by atoms with Gasteiger partial charge in [0.1, 0.15) is 11.8 Å². The molecular formula is C21H34N4O3. The molecule has 2 aliphatic heterocycles. The summed E-state index contributed by atoms with van der Waals surface area (Å²) >= 11 is 0. The molecule has 2 N–H and O–H groups in total. The van der Waals surface area contributed by atoms with Crippen LogP contribution in [0.3, 0.4) is 0 Å². The molecule has 28 heavy (non-hydrogen) atoms. The SMILES string of the molecule is CN1[C@@H](CCC(=O)NCc2ccco2)CNC(=O)[C@@H]2[C@H]1CCN2CC(C)(C)C. The van der Waals surface area contributed by atoms with Crippen LogP contribution in [0.5, 0.6) is 0 Å². The number of likely N-dealkylation sites (tertiary alicyclic amines) is 1. The predicted octanol–water partition coefficient (Wildman–Crippen LogP) is 1.60. The number of carbonyl (C=O) groups is 2. The van der Waals surface area contributed by atoms with Crippen LogP contribution in [0.15, 0.2) is 22.8 Å². The van der Waals surface area contributed by atoms with Crippen molar-refractivity contribution in [3.05, 3.63) is 24.2 Å². The average molecular weight is 391 g/mol. The number of rotatable bonds is 6. The zero-order valence-corrected chi connectivity index (χ0v) is 17.5. The fourth-order valence-corrected chi connectivity index (χ4v) is 4.42. The van der Waals surface area contributed by atoms with Crippen LogP contribution < -0.4 is 10.6 Å². The number of amides is 2. The van der Waals surface area contributed by atoms with Gasteiger partial charge in [0.15, 0.2) is 0 Å². The number of hydrogen-bond acceptors (Lipinski definition) is 5. The van der Waals surface area contributed by atoms with Crippen molar-refractivity contribution in [3.63, 3.8) is 0 Å². The number of fused-ring (bicyclic) bond motifs is 1. The highest BCUT2D eigenvalue weighted by molar-refractivity contribution is 5.83. The number of nitrogens with zero attached hydrogens (tertiary/aromatic N) is 2. The molecule has 7 nitrogen and oxygen atoms in total. The molecule has 2 fully saturated rings. The fraction of sp³-hybridized carbons (Fsp3) is 0.714. The Balaban J connectivity index is 1.54. The Kier molecular flexibility index (Phi) is 6.45. The van der Waals surface area contributed by atoms with Crippen LogP contribution in [0.4, 0.5) is 0 Å². The van der Waals surface area contributed by atoms with E-state index in [2.05, 4.69) is 48.3 Å². The third kappa shape index (κ3) is 5.14. The molecule has 0 unspecified atom stereocenters. The first-order valence-corrected chi connectivity index (χ1v) is 10.3. The van der Waals surface area contributed by atoms with Crippen molar-refractivity contribution in [2.45, 2.75) is 64.7 Å². The van der Waals surface area contributed by atoms with Crippen molar-refractivity contribution in [1.29, 1.82) is 0 Å². The molecule has 1 aromatic heterocycles. The Morgan fingerprint density at radius 2 is 2.18 bits per heavy atom. The lowest BCUT2D eigenvalue weighted by atomic mass is 9.95. The standard InChI is InChI=1S/C21H34N4O3/c1-21(2,3)14-25-10-9-17-19(25)20(27)23-12-15(24(17)4)7-8-18(26)22-13-16-6-5-11-28-16/h5-6,11,15,17,19H,7-10,12-14H2,1-4H3,(H,22,26)(H,23,27)/t15-,17+,19-/m0/s1. The number of nitrogens with one attached hydrogen (secondary N) is 2. The van der Waals surface area contributed by atoms with Crippen molar-refractivity contribution in [2.75, 3.05) is 26.7 Å². The fourth-order valence-electron chi connectivity index (χ4n) is 4.42. The van der Waals surface area contributed by atoms with Crippen LogP contribution in [0.1, 0.15) is 45.8 Å². The Labute approximate surface area is 167 Å². The van der Waals surface area contributed by atoms with Crippen LogP contribution in [-0.4, -0.2) is 66.4 Å². The molecule has 2 amide bonds. The Hall–Kier alpha value is -1.86. The maximum atomic E-state index is 12.8. The largest absolute Gasteiger partial charge is 0.467 e. The second-order valence-corrected chi connectivity index (χ2v) is 9.29. The normalized spacial score (nSPS) is 26.6. The van der Waals surface area contributed by atoms with E-state index in [9.17, 15) is 9.59 Å². The first kappa shape index (κ1) is 20.9. The van der Waals surface area contributed by atoms with E-state index in [1.807, 2.05) is 12.1 Å². The average Bonchev–Trinajstić information content (AvgIpc) is 3.25. The van der Waals surface area contributed by atoms with E-state index in [1.54, 1.807) is 6.26 Å². The number of likely N-dealkylation sites (N-methyl/N-ethyl adjacent to an activating group) is 1. The van der Waals surface area contributed by atoms with Gasteiger partial charge in [-0.15, -0.1) is 0 Å². The summed E-state index contributed by atoms with van der Waals surface area (Å²) in [6.45, 7) is 9.50. The Morgan fingerprint density at radius 3 is 2.86 bits per heavy atom. The molecule has 0 radical (unpaired) electrons. The summed E-state index contributed by atoms with van der Waals surface area (Å²) in [5.41, 5.74) is 0.158. The summed E-state index contributed by atoms with van der Waals surface area (Å²) in [7, 11) is 2.10. The summed E-state index contributed by atoms with van der Waals surface area (Å²) in [5.74, 6) is 0.890. The molecule has 3 atom stereocenters. The summed E-state index contributed by atoms with van der Waals surface area (Å²) in [6, 6.07) is 3.94. The maximum absolute atomic E-state index is 12.8. The summed E-state index contributed by atoms with van der Waals surface area (Å²) in [4.78, 5) is 29.6. The number of carbonyl (C=O) groups excluding carboxylic acids is 2. The Bertz CT molecular complexity index is 668. The molecule has 3 heterocycles. The van der Waals surface area contributed by atoms with Gasteiger partial charge >= 0.3 is 0 Å². The topological polar surface area (TPSA) is 77.8 Å². The molecule has 0 spiro atoms. The lowest BCUT2D eigenvalue weighted by Crippen LogP contribution is -2.51. The minimum absolute atomic E-state index is 0.0118. The van der Waals surface area contributed by atoms with Gasteiger partial charge in [-0.1, -0.05) is 20.8 Å². The van der Waals surface area contributed by atoms with E-state index in [0.29, 0.717) is 19.5 Å². The molecule has 156 valence electrons. The van der Waals surface area contributed by atoms with E-state index in [-0.39, 0.29) is 35.4 Å². The second-order valence-electron chi connectivity index (χ2n) is 9.29. The molecule has 7 heteroatoms. The van der Waals surface area contributed by atoms with E-state index >= 15 is 0 Å². The third-order valence-electron chi connectivity index (χ3n) is 5.77. The molecule has 0 bridgehead atoms. The molecule has 0 saturated carbocycles. The van der Waals surface area contributed by atoms with Crippen LogP contribution in [0, 0.1) is 5.41 Å². The van der Waals surface area contributed by atoms with E-state index in [0.717, 1.165) is 31.7 Å². The smallest absolute Gasteiger partial charge is 0.239 e. The molecule has 0 aliphatic carbocycles. The zero-order chi connectivity index (χ0) is 20.3. The lowest BCUT2D eigenvalue weighted by Gasteiger charge is -2.34. The highest BCUT2D eigenvalue weighted by Gasteiger charge is 2.45. The summed E-state index contributed by atoms with van der Waals surface area (Å²) in [6.07, 6.45) is 3.76. The van der Waals surface area contributed by atoms with Crippen molar-refractivity contribution >= 4 is 11.8 Å². The number of furan rings is 1. The molecule has 0 aromatic carbocycles. The van der Waals surface area contributed by atoms with Crippen molar-refractivity contribution in [1.82, 2.24) is 20.4 Å². The minimum Gasteiger partial charge on any atom is -0.467 e. The van der Waals surface area contributed by atoms with Crippen molar-refractivity contribution < 1.29 is 14.0 Å². The molecule has 2 saturated heterocycles. The first-order valence-electron chi connectivity index (χ1n) is 10.3. The van der Waals surface area contributed by atoms with Gasteiger partial charge in [-0.3, -0.25) is 19.4 Å². The van der Waals surface area contributed by atoms with Crippen LogP contribution in [-0.2, 0) is 16.1 Å². The quantitative estimate of drug-likeness (QED) is 0.771. The van der Waals surface area contributed by atoms with E-state index in [1.165, 1.54) is 0 Å². The van der Waals surface area contributed by atoms with Gasteiger partial charge in [0.05, 0.1) is 12.8 Å². The zero-order valence-electron chi connectivity index (χ0n) is 17.5. The minimum atomic E-state index is -0.0954. The van der Waals surface area contributed by atoms with E-state index < -0.39 is 0 Å². The van der Waals surface area contributed by atoms with Gasteiger partial charge in [0.2, 0.25) is 11.8 Å².